The van der Waals surface area contributed by atoms with Crippen molar-refractivity contribution in [3.8, 4) is 0 Å². The summed E-state index contributed by atoms with van der Waals surface area (Å²) in [6.07, 6.45) is 20.1. The molecule has 1 aliphatic heterocycles. The van der Waals surface area contributed by atoms with Crippen molar-refractivity contribution in [1.82, 2.24) is 5.32 Å². The van der Waals surface area contributed by atoms with Crippen LogP contribution in [0, 0.1) is 0 Å². The molecular formula is C22H42N3O+. The van der Waals surface area contributed by atoms with Crippen molar-refractivity contribution in [2.24, 2.45) is 4.99 Å². The SMILES string of the molecule is C/C=C/CCCCCCCCCCC1N=CC[N+]1(CC)C(C)NC(C)=O. The van der Waals surface area contributed by atoms with Crippen LogP contribution in [-0.2, 0) is 4.79 Å². The second kappa shape index (κ2) is 13.1. The van der Waals surface area contributed by atoms with E-state index in [9.17, 15) is 4.79 Å². The molecule has 0 saturated heterocycles. The molecule has 1 heterocycles. The van der Waals surface area contributed by atoms with Crippen LogP contribution in [0.3, 0.4) is 0 Å². The molecule has 0 aromatic heterocycles. The molecule has 0 aromatic carbocycles. The van der Waals surface area contributed by atoms with Gasteiger partial charge in [-0.15, -0.1) is 0 Å². The number of allylic oxidation sites excluding steroid dienone is 2. The third-order valence-electron chi connectivity index (χ3n) is 5.88. The highest BCUT2D eigenvalue weighted by molar-refractivity contribution is 5.73. The van der Waals surface area contributed by atoms with E-state index >= 15 is 0 Å². The molecule has 150 valence electrons. The van der Waals surface area contributed by atoms with Gasteiger partial charge in [0, 0.05) is 20.3 Å². The number of amides is 1. The van der Waals surface area contributed by atoms with Gasteiger partial charge in [-0.25, -0.2) is 4.99 Å². The van der Waals surface area contributed by atoms with Crippen LogP contribution in [0.5, 0.6) is 0 Å². The fourth-order valence-corrected chi connectivity index (χ4v) is 4.18. The lowest BCUT2D eigenvalue weighted by Crippen LogP contribution is -2.63. The van der Waals surface area contributed by atoms with Gasteiger partial charge >= 0.3 is 0 Å². The van der Waals surface area contributed by atoms with Crippen molar-refractivity contribution in [2.45, 2.75) is 104 Å². The van der Waals surface area contributed by atoms with E-state index < -0.39 is 0 Å². The number of hydrogen-bond donors (Lipinski definition) is 1. The zero-order valence-electron chi connectivity index (χ0n) is 17.7. The van der Waals surface area contributed by atoms with Crippen molar-refractivity contribution in [2.75, 3.05) is 13.1 Å². The Morgan fingerprint density at radius 1 is 1.19 bits per heavy atom. The Kier molecular flexibility index (Phi) is 11.5. The number of carbonyl (C=O) groups excluding carboxylic acids is 1. The van der Waals surface area contributed by atoms with Gasteiger partial charge in [-0.1, -0.05) is 50.7 Å². The molecule has 1 N–H and O–H groups in total. The van der Waals surface area contributed by atoms with Crippen LogP contribution < -0.4 is 5.32 Å². The number of aliphatic imine (C=N–C) groups is 1. The summed E-state index contributed by atoms with van der Waals surface area (Å²) in [5, 5.41) is 3.10. The van der Waals surface area contributed by atoms with Gasteiger partial charge in [-0.2, -0.15) is 0 Å². The molecule has 0 aromatic rings. The van der Waals surface area contributed by atoms with E-state index in [0.29, 0.717) is 6.17 Å². The molecule has 4 nitrogen and oxygen atoms in total. The number of carbonyl (C=O) groups is 1. The third-order valence-corrected chi connectivity index (χ3v) is 5.88. The molecule has 3 unspecified atom stereocenters. The van der Waals surface area contributed by atoms with E-state index in [1.54, 1.807) is 6.92 Å². The number of nitrogens with zero attached hydrogens (tertiary/aromatic N) is 2. The van der Waals surface area contributed by atoms with Crippen LogP contribution in [0.15, 0.2) is 17.1 Å². The Balaban J connectivity index is 2.19. The van der Waals surface area contributed by atoms with Gasteiger partial charge in [0.15, 0.2) is 12.3 Å². The average Bonchev–Trinajstić information content (AvgIpc) is 3.03. The summed E-state index contributed by atoms with van der Waals surface area (Å²) in [4.78, 5) is 16.2. The minimum Gasteiger partial charge on any atom is -0.307 e. The monoisotopic (exact) mass is 364 g/mol. The van der Waals surface area contributed by atoms with Crippen LogP contribution in [0.25, 0.3) is 0 Å². The van der Waals surface area contributed by atoms with Gasteiger partial charge in [0.05, 0.1) is 12.8 Å². The topological polar surface area (TPSA) is 41.5 Å². The van der Waals surface area contributed by atoms with Gasteiger partial charge in [-0.05, 0) is 33.1 Å². The summed E-state index contributed by atoms with van der Waals surface area (Å²) in [6.45, 7) is 10.0. The van der Waals surface area contributed by atoms with E-state index in [1.165, 1.54) is 57.8 Å². The summed E-state index contributed by atoms with van der Waals surface area (Å²) in [5.41, 5.74) is 0. The Morgan fingerprint density at radius 2 is 1.81 bits per heavy atom. The van der Waals surface area contributed by atoms with E-state index in [2.05, 4.69) is 44.5 Å². The van der Waals surface area contributed by atoms with Gasteiger partial charge in [0.25, 0.3) is 0 Å². The van der Waals surface area contributed by atoms with Crippen LogP contribution >= 0.6 is 0 Å². The lowest BCUT2D eigenvalue weighted by molar-refractivity contribution is -0.959. The molecule has 0 spiro atoms. The fraction of sp³-hybridized carbons (Fsp3) is 0.818. The van der Waals surface area contributed by atoms with E-state index in [0.717, 1.165) is 24.0 Å². The molecule has 0 fully saturated rings. The first kappa shape index (κ1) is 22.9. The Hall–Kier alpha value is -1.16. The first-order valence-corrected chi connectivity index (χ1v) is 10.8. The molecule has 0 aliphatic carbocycles. The lowest BCUT2D eigenvalue weighted by Gasteiger charge is -2.42. The predicted octanol–water partition coefficient (Wildman–Crippen LogP) is 5.19. The Bertz CT molecular complexity index is 447. The van der Waals surface area contributed by atoms with Crippen LogP contribution in [0.4, 0.5) is 0 Å². The van der Waals surface area contributed by atoms with Crippen molar-refractivity contribution in [1.29, 1.82) is 0 Å². The zero-order chi connectivity index (χ0) is 19.3. The molecule has 1 amide bonds. The highest BCUT2D eigenvalue weighted by Gasteiger charge is 2.42. The number of quaternary nitrogens is 1. The van der Waals surface area contributed by atoms with Gasteiger partial charge in [0.1, 0.15) is 6.54 Å². The second-order valence-electron chi connectivity index (χ2n) is 7.77. The standard InChI is InChI=1S/C22H41N3O/c1-5-7-8-9-10-11-12-13-14-15-16-17-22-23-18-19-25(22,6-2)20(3)24-21(4)26/h5,7,18,20,22H,6,8-17,19H2,1-4H3/p+1/b7-5+. The first-order valence-electron chi connectivity index (χ1n) is 10.8. The van der Waals surface area contributed by atoms with Gasteiger partial charge in [-0.3, -0.25) is 9.28 Å². The maximum atomic E-state index is 11.5. The molecule has 3 atom stereocenters. The summed E-state index contributed by atoms with van der Waals surface area (Å²) < 4.78 is 0.881. The zero-order valence-corrected chi connectivity index (χ0v) is 17.7. The van der Waals surface area contributed by atoms with Crippen LogP contribution in [0.1, 0.15) is 91.9 Å². The molecular weight excluding hydrogens is 322 g/mol. The lowest BCUT2D eigenvalue weighted by atomic mass is 10.0. The van der Waals surface area contributed by atoms with Gasteiger partial charge < -0.3 is 5.32 Å². The van der Waals surface area contributed by atoms with Crippen LogP contribution in [-0.4, -0.2) is 42.0 Å². The molecule has 0 saturated carbocycles. The summed E-state index contributed by atoms with van der Waals surface area (Å²) >= 11 is 0. The smallest absolute Gasteiger partial charge is 0.221 e. The van der Waals surface area contributed by atoms with Crippen molar-refractivity contribution in [3.63, 3.8) is 0 Å². The van der Waals surface area contributed by atoms with E-state index in [1.807, 2.05) is 0 Å². The highest BCUT2D eigenvalue weighted by atomic mass is 16.1. The molecule has 4 heteroatoms. The molecule has 0 radical (unpaired) electrons. The van der Waals surface area contributed by atoms with Crippen molar-refractivity contribution in [3.05, 3.63) is 12.2 Å². The highest BCUT2D eigenvalue weighted by Crippen LogP contribution is 2.27. The van der Waals surface area contributed by atoms with E-state index in [-0.39, 0.29) is 12.1 Å². The average molecular weight is 365 g/mol. The third kappa shape index (κ3) is 7.61. The van der Waals surface area contributed by atoms with Crippen molar-refractivity contribution >= 4 is 12.1 Å². The fourth-order valence-electron chi connectivity index (χ4n) is 4.18. The summed E-state index contributed by atoms with van der Waals surface area (Å²) in [5.74, 6) is 0.0554. The van der Waals surface area contributed by atoms with Crippen LogP contribution in [0.2, 0.25) is 0 Å². The first-order chi connectivity index (χ1) is 12.6. The predicted molar refractivity (Wildman–Crippen MR) is 112 cm³/mol. The Morgan fingerprint density at radius 3 is 2.38 bits per heavy atom. The minimum atomic E-state index is 0.0554. The summed E-state index contributed by atoms with van der Waals surface area (Å²) in [7, 11) is 0. The van der Waals surface area contributed by atoms with Gasteiger partial charge in [0.2, 0.25) is 5.91 Å². The normalized spacial score (nSPS) is 23.6. The number of nitrogens with one attached hydrogen (secondary N) is 1. The number of unbranched alkanes of at least 4 members (excludes halogenated alkanes) is 8. The molecule has 26 heavy (non-hydrogen) atoms. The number of rotatable bonds is 14. The largest absolute Gasteiger partial charge is 0.307 e. The molecule has 1 aliphatic rings. The Labute approximate surface area is 161 Å². The molecule has 1 rings (SSSR count). The quantitative estimate of drug-likeness (QED) is 0.257. The second-order valence-corrected chi connectivity index (χ2v) is 7.77. The van der Waals surface area contributed by atoms with E-state index in [4.69, 9.17) is 4.99 Å². The minimum absolute atomic E-state index is 0.0554. The van der Waals surface area contributed by atoms with Crippen molar-refractivity contribution < 1.29 is 9.28 Å². The maximum absolute atomic E-state index is 11.5. The summed E-state index contributed by atoms with van der Waals surface area (Å²) in [6, 6.07) is 0. The molecule has 0 bridgehead atoms. The number of hydrogen-bond acceptors (Lipinski definition) is 2. The maximum Gasteiger partial charge on any atom is 0.221 e.